The van der Waals surface area contributed by atoms with Crippen LogP contribution in [-0.2, 0) is 10.0 Å². The van der Waals surface area contributed by atoms with Crippen molar-refractivity contribution in [1.82, 2.24) is 5.32 Å². The zero-order valence-corrected chi connectivity index (χ0v) is 12.1. The number of benzene rings is 1. The van der Waals surface area contributed by atoms with Gasteiger partial charge in [-0.15, -0.1) is 0 Å². The third-order valence-electron chi connectivity index (χ3n) is 3.60. The topological polar surface area (TPSA) is 89.3 Å². The molecular weight excluding hydrogens is 302 g/mol. The molecule has 0 bridgehead atoms. The molecule has 2 rings (SSSR count). The molecule has 1 amide bonds. The van der Waals surface area contributed by atoms with Crippen LogP contribution < -0.4 is 10.5 Å². The van der Waals surface area contributed by atoms with Crippen molar-refractivity contribution in [2.45, 2.75) is 30.6 Å². The molecule has 1 aliphatic rings. The van der Waals surface area contributed by atoms with Crippen LogP contribution in [0.2, 0.25) is 0 Å². The van der Waals surface area contributed by atoms with E-state index in [-0.39, 0.29) is 0 Å². The van der Waals surface area contributed by atoms with E-state index in [4.69, 9.17) is 5.14 Å². The van der Waals surface area contributed by atoms with Crippen LogP contribution in [0.5, 0.6) is 0 Å². The lowest BCUT2D eigenvalue weighted by Gasteiger charge is -2.12. The van der Waals surface area contributed by atoms with E-state index in [0.29, 0.717) is 18.5 Å². The normalized spacial score (nSPS) is 16.1. The van der Waals surface area contributed by atoms with Crippen LogP contribution in [0.3, 0.4) is 0 Å². The SMILES string of the molecule is NS(=O)(=O)c1cc(F)c(F)c(C(=O)NCC2CCCC2)c1. The third-order valence-corrected chi connectivity index (χ3v) is 4.49. The van der Waals surface area contributed by atoms with Crippen molar-refractivity contribution in [1.29, 1.82) is 0 Å². The number of primary sulfonamides is 1. The molecule has 1 aliphatic carbocycles. The van der Waals surface area contributed by atoms with Gasteiger partial charge >= 0.3 is 0 Å². The number of hydrogen-bond donors (Lipinski definition) is 2. The maximum absolute atomic E-state index is 13.6. The Labute approximate surface area is 121 Å². The van der Waals surface area contributed by atoms with E-state index >= 15 is 0 Å². The number of halogens is 2. The number of nitrogens with two attached hydrogens (primary N) is 1. The summed E-state index contributed by atoms with van der Waals surface area (Å²) in [6.07, 6.45) is 4.14. The minimum absolute atomic E-state index is 0.322. The highest BCUT2D eigenvalue weighted by atomic mass is 32.2. The first-order chi connectivity index (χ1) is 9.79. The number of carbonyl (C=O) groups excluding carboxylic acids is 1. The largest absolute Gasteiger partial charge is 0.352 e. The summed E-state index contributed by atoms with van der Waals surface area (Å²) < 4.78 is 49.4. The fraction of sp³-hybridized carbons (Fsp3) is 0.462. The molecule has 0 aliphatic heterocycles. The molecule has 5 nitrogen and oxygen atoms in total. The van der Waals surface area contributed by atoms with E-state index in [2.05, 4.69) is 5.32 Å². The molecule has 0 atom stereocenters. The van der Waals surface area contributed by atoms with Gasteiger partial charge in [0, 0.05) is 6.54 Å². The Morgan fingerprint density at radius 3 is 2.48 bits per heavy atom. The minimum atomic E-state index is -4.22. The molecule has 0 aromatic heterocycles. The lowest BCUT2D eigenvalue weighted by molar-refractivity contribution is 0.0942. The summed E-state index contributed by atoms with van der Waals surface area (Å²) in [6.45, 7) is 0.361. The van der Waals surface area contributed by atoms with Gasteiger partial charge in [0.05, 0.1) is 10.5 Å². The van der Waals surface area contributed by atoms with E-state index in [0.717, 1.165) is 31.7 Å². The van der Waals surface area contributed by atoms with E-state index < -0.39 is 38.0 Å². The summed E-state index contributed by atoms with van der Waals surface area (Å²) in [7, 11) is -4.22. The first-order valence-corrected chi connectivity index (χ1v) is 8.13. The highest BCUT2D eigenvalue weighted by molar-refractivity contribution is 7.89. The summed E-state index contributed by atoms with van der Waals surface area (Å²) >= 11 is 0. The van der Waals surface area contributed by atoms with Crippen LogP contribution in [-0.4, -0.2) is 20.9 Å². The molecule has 0 radical (unpaired) electrons. The summed E-state index contributed by atoms with van der Waals surface area (Å²) in [5.41, 5.74) is -0.656. The van der Waals surface area contributed by atoms with E-state index in [1.165, 1.54) is 0 Å². The third kappa shape index (κ3) is 3.76. The smallest absolute Gasteiger partial charge is 0.254 e. The molecule has 1 aromatic rings. The Balaban J connectivity index is 2.21. The molecule has 116 valence electrons. The maximum Gasteiger partial charge on any atom is 0.254 e. The van der Waals surface area contributed by atoms with Gasteiger partial charge < -0.3 is 5.32 Å². The van der Waals surface area contributed by atoms with Crippen molar-refractivity contribution >= 4 is 15.9 Å². The zero-order chi connectivity index (χ0) is 15.6. The molecule has 1 fully saturated rings. The first-order valence-electron chi connectivity index (χ1n) is 6.59. The molecular formula is C13H16F2N2O3S. The van der Waals surface area contributed by atoms with Gasteiger partial charge in [-0.05, 0) is 30.9 Å². The molecule has 0 unspecified atom stereocenters. The molecule has 0 spiro atoms. The van der Waals surface area contributed by atoms with Gasteiger partial charge in [-0.1, -0.05) is 12.8 Å². The van der Waals surface area contributed by atoms with Crippen molar-refractivity contribution in [3.8, 4) is 0 Å². The van der Waals surface area contributed by atoms with Gasteiger partial charge in [-0.25, -0.2) is 22.3 Å². The quantitative estimate of drug-likeness (QED) is 0.882. The second-order valence-electron chi connectivity index (χ2n) is 5.17. The predicted molar refractivity (Wildman–Crippen MR) is 72.0 cm³/mol. The van der Waals surface area contributed by atoms with Crippen LogP contribution in [0, 0.1) is 17.6 Å². The monoisotopic (exact) mass is 318 g/mol. The highest BCUT2D eigenvalue weighted by Gasteiger charge is 2.22. The van der Waals surface area contributed by atoms with Gasteiger partial charge in [0.15, 0.2) is 11.6 Å². The summed E-state index contributed by atoms with van der Waals surface area (Å²) in [4.78, 5) is 11.3. The van der Waals surface area contributed by atoms with Gasteiger partial charge in [-0.2, -0.15) is 0 Å². The fourth-order valence-corrected chi connectivity index (χ4v) is 2.99. The number of hydrogen-bond acceptors (Lipinski definition) is 3. The average molecular weight is 318 g/mol. The van der Waals surface area contributed by atoms with Crippen LogP contribution >= 0.6 is 0 Å². The van der Waals surface area contributed by atoms with Crippen molar-refractivity contribution in [3.05, 3.63) is 29.3 Å². The Kier molecular flexibility index (Phi) is 4.58. The lowest BCUT2D eigenvalue weighted by Crippen LogP contribution is -2.29. The molecule has 8 heteroatoms. The Hall–Kier alpha value is -1.54. The van der Waals surface area contributed by atoms with Crippen molar-refractivity contribution in [2.24, 2.45) is 11.1 Å². The Morgan fingerprint density at radius 1 is 1.29 bits per heavy atom. The summed E-state index contributed by atoms with van der Waals surface area (Å²) in [5, 5.41) is 7.38. The predicted octanol–water partition coefficient (Wildman–Crippen LogP) is 1.53. The number of carbonyl (C=O) groups is 1. The number of sulfonamides is 1. The maximum atomic E-state index is 13.6. The number of rotatable bonds is 4. The van der Waals surface area contributed by atoms with Gasteiger partial charge in [-0.3, -0.25) is 4.79 Å². The van der Waals surface area contributed by atoms with Crippen LogP contribution in [0.25, 0.3) is 0 Å². The second kappa shape index (κ2) is 6.07. The van der Waals surface area contributed by atoms with Crippen LogP contribution in [0.4, 0.5) is 8.78 Å². The molecule has 21 heavy (non-hydrogen) atoms. The highest BCUT2D eigenvalue weighted by Crippen LogP contribution is 2.24. The average Bonchev–Trinajstić information content (AvgIpc) is 2.91. The van der Waals surface area contributed by atoms with E-state index in [9.17, 15) is 22.0 Å². The van der Waals surface area contributed by atoms with Crippen LogP contribution in [0.15, 0.2) is 17.0 Å². The standard InChI is InChI=1S/C13H16F2N2O3S/c14-11-6-9(21(16,19)20)5-10(12(11)15)13(18)17-7-8-3-1-2-4-8/h5-6,8H,1-4,7H2,(H,17,18)(H2,16,19,20). The van der Waals surface area contributed by atoms with Crippen molar-refractivity contribution < 1.29 is 22.0 Å². The Morgan fingerprint density at radius 2 is 1.90 bits per heavy atom. The van der Waals surface area contributed by atoms with Crippen LogP contribution in [0.1, 0.15) is 36.0 Å². The second-order valence-corrected chi connectivity index (χ2v) is 6.73. The Bertz CT molecular complexity index is 656. The lowest BCUT2D eigenvalue weighted by atomic mass is 10.1. The van der Waals surface area contributed by atoms with E-state index in [1.54, 1.807) is 0 Å². The fourth-order valence-electron chi connectivity index (χ4n) is 2.44. The van der Waals surface area contributed by atoms with Crippen molar-refractivity contribution in [2.75, 3.05) is 6.54 Å². The summed E-state index contributed by atoms with van der Waals surface area (Å²) in [5.74, 6) is -3.33. The van der Waals surface area contributed by atoms with Gasteiger partial charge in [0.2, 0.25) is 10.0 Å². The number of nitrogens with one attached hydrogen (secondary N) is 1. The molecule has 1 aromatic carbocycles. The molecule has 0 saturated heterocycles. The van der Waals surface area contributed by atoms with Gasteiger partial charge in [0.1, 0.15) is 0 Å². The minimum Gasteiger partial charge on any atom is -0.352 e. The number of amides is 1. The van der Waals surface area contributed by atoms with E-state index in [1.807, 2.05) is 0 Å². The van der Waals surface area contributed by atoms with Crippen molar-refractivity contribution in [3.63, 3.8) is 0 Å². The zero-order valence-electron chi connectivity index (χ0n) is 11.2. The molecule has 1 saturated carbocycles. The van der Waals surface area contributed by atoms with Gasteiger partial charge in [0.25, 0.3) is 5.91 Å². The molecule has 3 N–H and O–H groups in total. The summed E-state index contributed by atoms with van der Waals surface area (Å²) in [6, 6.07) is 1.20. The molecule has 0 heterocycles. The first kappa shape index (κ1) is 15.8.